The Kier molecular flexibility index (Phi) is 5.27. The summed E-state index contributed by atoms with van der Waals surface area (Å²) in [4.78, 5) is 30.4. The molecule has 132 valence electrons. The summed E-state index contributed by atoms with van der Waals surface area (Å²) < 4.78 is 0. The molecule has 2 aromatic heterocycles. The lowest BCUT2D eigenvalue weighted by atomic mass is 10.1. The smallest absolute Gasteiger partial charge is 0.348 e. The molecule has 0 aliphatic carbocycles. The van der Waals surface area contributed by atoms with Gasteiger partial charge < -0.3 is 10.0 Å². The molecule has 0 aliphatic heterocycles. The summed E-state index contributed by atoms with van der Waals surface area (Å²) in [6.45, 7) is 0. The van der Waals surface area contributed by atoms with Gasteiger partial charge in [-0.15, -0.1) is 11.3 Å². The number of thiophene rings is 1. The molecule has 1 N–H and O–H groups in total. The van der Waals surface area contributed by atoms with Crippen LogP contribution in [0, 0.1) is 0 Å². The maximum Gasteiger partial charge on any atom is 0.348 e. The highest BCUT2D eigenvalue weighted by molar-refractivity contribution is 7.18. The van der Waals surface area contributed by atoms with Crippen molar-refractivity contribution in [2.24, 2.45) is 0 Å². The van der Waals surface area contributed by atoms with Crippen LogP contribution in [0.25, 0.3) is 10.4 Å². The molecule has 5 nitrogen and oxygen atoms in total. The number of carboxylic acids is 1. The predicted molar refractivity (Wildman–Crippen MR) is 104 cm³/mol. The monoisotopic (exact) mass is 406 g/mol. The van der Waals surface area contributed by atoms with Gasteiger partial charge in [-0.2, -0.15) is 0 Å². The zero-order valence-electron chi connectivity index (χ0n) is 13.4. The number of anilines is 1. The lowest BCUT2D eigenvalue weighted by Crippen LogP contribution is -2.27. The van der Waals surface area contributed by atoms with E-state index in [0.29, 0.717) is 0 Å². The van der Waals surface area contributed by atoms with E-state index in [0.717, 1.165) is 21.8 Å². The Morgan fingerprint density at radius 1 is 1.15 bits per heavy atom. The molecule has 3 aromatic rings. The Labute approximate surface area is 163 Å². The Hall–Kier alpha value is -2.41. The zero-order chi connectivity index (χ0) is 18.8. The molecular formula is C18H12Cl2N2O3S. The van der Waals surface area contributed by atoms with Gasteiger partial charge in [0.05, 0.1) is 16.3 Å². The van der Waals surface area contributed by atoms with E-state index in [4.69, 9.17) is 23.2 Å². The van der Waals surface area contributed by atoms with E-state index in [1.165, 1.54) is 24.2 Å². The van der Waals surface area contributed by atoms with Crippen molar-refractivity contribution in [2.45, 2.75) is 0 Å². The van der Waals surface area contributed by atoms with Crippen molar-refractivity contribution in [3.8, 4) is 10.4 Å². The fourth-order valence-corrected chi connectivity index (χ4v) is 3.77. The highest BCUT2D eigenvalue weighted by atomic mass is 35.5. The van der Waals surface area contributed by atoms with Crippen LogP contribution in [0.15, 0.2) is 48.7 Å². The van der Waals surface area contributed by atoms with Crippen LogP contribution in [-0.4, -0.2) is 29.0 Å². The Morgan fingerprint density at radius 3 is 2.50 bits per heavy atom. The molecule has 0 bridgehead atoms. The quantitative estimate of drug-likeness (QED) is 0.612. The number of aromatic carboxylic acids is 1. The van der Waals surface area contributed by atoms with E-state index in [9.17, 15) is 14.7 Å². The Morgan fingerprint density at radius 2 is 1.85 bits per heavy atom. The Balaban J connectivity index is 2.04. The normalized spacial score (nSPS) is 10.6. The average molecular weight is 407 g/mol. The zero-order valence-corrected chi connectivity index (χ0v) is 15.8. The average Bonchev–Trinajstić information content (AvgIpc) is 3.09. The molecule has 0 aliphatic rings. The van der Waals surface area contributed by atoms with Gasteiger partial charge >= 0.3 is 5.97 Å². The first-order valence-electron chi connectivity index (χ1n) is 7.40. The largest absolute Gasteiger partial charge is 0.477 e. The summed E-state index contributed by atoms with van der Waals surface area (Å²) in [7, 11) is 1.49. The third-order valence-electron chi connectivity index (χ3n) is 3.67. The van der Waals surface area contributed by atoms with Gasteiger partial charge in [0.2, 0.25) is 0 Å². The number of benzene rings is 1. The minimum Gasteiger partial charge on any atom is -0.477 e. The summed E-state index contributed by atoms with van der Waals surface area (Å²) in [6.07, 6.45) is 1.33. The van der Waals surface area contributed by atoms with Crippen LogP contribution in [0.3, 0.4) is 0 Å². The molecule has 0 unspecified atom stereocenters. The van der Waals surface area contributed by atoms with E-state index in [2.05, 4.69) is 4.98 Å². The van der Waals surface area contributed by atoms with E-state index < -0.39 is 11.9 Å². The van der Waals surface area contributed by atoms with Crippen LogP contribution < -0.4 is 4.90 Å². The van der Waals surface area contributed by atoms with Gasteiger partial charge in [-0.1, -0.05) is 53.5 Å². The SMILES string of the molecule is CN(C(=O)c1cc(Cl)cnc1Cl)c1cc(-c2ccccc2)sc1C(=O)O. The molecule has 0 fully saturated rings. The number of pyridine rings is 1. The number of carbonyl (C=O) groups is 2. The van der Waals surface area contributed by atoms with Crippen LogP contribution in [0.4, 0.5) is 5.69 Å². The van der Waals surface area contributed by atoms with E-state index in [-0.39, 0.29) is 26.3 Å². The number of carbonyl (C=O) groups excluding carboxylic acids is 1. The lowest BCUT2D eigenvalue weighted by Gasteiger charge is -2.17. The summed E-state index contributed by atoms with van der Waals surface area (Å²) in [6, 6.07) is 12.4. The highest BCUT2D eigenvalue weighted by Gasteiger charge is 2.25. The van der Waals surface area contributed by atoms with Crippen molar-refractivity contribution in [3.05, 3.63) is 69.3 Å². The number of amides is 1. The van der Waals surface area contributed by atoms with Crippen molar-refractivity contribution in [1.29, 1.82) is 0 Å². The number of halogens is 2. The summed E-state index contributed by atoms with van der Waals surface area (Å²) >= 11 is 13.0. The van der Waals surface area contributed by atoms with Gasteiger partial charge in [0.25, 0.3) is 5.91 Å². The van der Waals surface area contributed by atoms with Crippen LogP contribution in [0.5, 0.6) is 0 Å². The van der Waals surface area contributed by atoms with E-state index in [1.807, 2.05) is 30.3 Å². The summed E-state index contributed by atoms with van der Waals surface area (Å²) in [5, 5.41) is 9.80. The van der Waals surface area contributed by atoms with E-state index >= 15 is 0 Å². The first kappa shape index (κ1) is 18.4. The number of nitrogens with zero attached hydrogens (tertiary/aromatic N) is 2. The number of hydrogen-bond acceptors (Lipinski definition) is 4. The van der Waals surface area contributed by atoms with Gasteiger partial charge in [0.15, 0.2) is 0 Å². The molecule has 0 radical (unpaired) electrons. The van der Waals surface area contributed by atoms with E-state index in [1.54, 1.807) is 6.07 Å². The standard InChI is InChI=1S/C18H12Cl2N2O3S/c1-22(17(23)12-7-11(19)9-21-16(12)20)13-8-14(26-15(13)18(24)25)10-5-3-2-4-6-10/h2-9H,1H3,(H,24,25). The number of aromatic nitrogens is 1. The van der Waals surface area contributed by atoms with Gasteiger partial charge in [0.1, 0.15) is 10.0 Å². The van der Waals surface area contributed by atoms with Gasteiger partial charge in [-0.25, -0.2) is 9.78 Å². The van der Waals surface area contributed by atoms with Crippen molar-refractivity contribution in [2.75, 3.05) is 11.9 Å². The third kappa shape index (κ3) is 3.58. The molecule has 0 saturated carbocycles. The number of carboxylic acid groups (broad SMARTS) is 1. The van der Waals surface area contributed by atoms with Crippen LogP contribution >= 0.6 is 34.5 Å². The first-order valence-corrected chi connectivity index (χ1v) is 8.97. The highest BCUT2D eigenvalue weighted by Crippen LogP contribution is 2.37. The summed E-state index contributed by atoms with van der Waals surface area (Å²) in [5.74, 6) is -1.60. The minimum absolute atomic E-state index is 0.00152. The maximum atomic E-state index is 12.8. The van der Waals surface area contributed by atoms with Gasteiger partial charge in [-0.3, -0.25) is 4.79 Å². The second-order valence-electron chi connectivity index (χ2n) is 5.35. The van der Waals surface area contributed by atoms with Crippen molar-refractivity contribution in [1.82, 2.24) is 4.98 Å². The Bertz CT molecular complexity index is 989. The summed E-state index contributed by atoms with van der Waals surface area (Å²) in [5.41, 5.74) is 1.25. The van der Waals surface area contributed by atoms with Crippen LogP contribution in [0.1, 0.15) is 20.0 Å². The fraction of sp³-hybridized carbons (Fsp3) is 0.0556. The lowest BCUT2D eigenvalue weighted by molar-refractivity contribution is 0.0703. The molecule has 2 heterocycles. The predicted octanol–water partition coefficient (Wildman–Crippen LogP) is 5.09. The topological polar surface area (TPSA) is 70.5 Å². The van der Waals surface area contributed by atoms with Crippen LogP contribution in [-0.2, 0) is 0 Å². The number of hydrogen-bond donors (Lipinski definition) is 1. The maximum absolute atomic E-state index is 12.8. The molecular weight excluding hydrogens is 395 g/mol. The van der Waals surface area contributed by atoms with Crippen molar-refractivity contribution < 1.29 is 14.7 Å². The molecule has 1 aromatic carbocycles. The van der Waals surface area contributed by atoms with Crippen molar-refractivity contribution >= 4 is 52.1 Å². The molecule has 26 heavy (non-hydrogen) atoms. The second kappa shape index (κ2) is 7.45. The second-order valence-corrected chi connectivity index (χ2v) is 7.20. The first-order chi connectivity index (χ1) is 12.4. The minimum atomic E-state index is -1.11. The molecule has 0 saturated heterocycles. The molecule has 0 atom stereocenters. The third-order valence-corrected chi connectivity index (χ3v) is 5.34. The molecule has 8 heteroatoms. The molecule has 1 amide bonds. The molecule has 0 spiro atoms. The van der Waals surface area contributed by atoms with Gasteiger partial charge in [0, 0.05) is 18.1 Å². The number of rotatable bonds is 4. The van der Waals surface area contributed by atoms with Gasteiger partial charge in [-0.05, 0) is 17.7 Å². The molecule has 3 rings (SSSR count). The van der Waals surface area contributed by atoms with Crippen LogP contribution in [0.2, 0.25) is 10.2 Å². The van der Waals surface area contributed by atoms with Crippen molar-refractivity contribution in [3.63, 3.8) is 0 Å². The fourth-order valence-electron chi connectivity index (χ4n) is 2.39.